The van der Waals surface area contributed by atoms with Crippen molar-refractivity contribution in [1.29, 1.82) is 0 Å². The van der Waals surface area contributed by atoms with Crippen LogP contribution in [0, 0.1) is 6.92 Å². The summed E-state index contributed by atoms with van der Waals surface area (Å²) in [7, 11) is 1.78. The minimum atomic E-state index is -0.467. The Balaban J connectivity index is 2.60. The summed E-state index contributed by atoms with van der Waals surface area (Å²) >= 11 is 0. The summed E-state index contributed by atoms with van der Waals surface area (Å²) in [6, 6.07) is 5.81. The number of hydrogen-bond acceptors (Lipinski definition) is 3. The van der Waals surface area contributed by atoms with Gasteiger partial charge >= 0.3 is 0 Å². The molecule has 0 aliphatic carbocycles. The zero-order chi connectivity index (χ0) is 13.1. The monoisotopic (exact) mass is 235 g/mol. The molecule has 94 valence electrons. The first-order chi connectivity index (χ1) is 7.78. The van der Waals surface area contributed by atoms with E-state index in [1.54, 1.807) is 11.9 Å². The highest BCUT2D eigenvalue weighted by atomic mass is 16.2. The van der Waals surface area contributed by atoms with Crippen LogP contribution in [0.5, 0.6) is 0 Å². The predicted octanol–water partition coefficient (Wildman–Crippen LogP) is 1.48. The van der Waals surface area contributed by atoms with E-state index in [-0.39, 0.29) is 5.91 Å². The van der Waals surface area contributed by atoms with Gasteiger partial charge in [0, 0.05) is 24.7 Å². The summed E-state index contributed by atoms with van der Waals surface area (Å²) in [6.07, 6.45) is 0.343. The van der Waals surface area contributed by atoms with Crippen LogP contribution in [0.4, 0.5) is 0 Å². The molecule has 1 amide bonds. The second-order valence-corrected chi connectivity index (χ2v) is 5.19. The van der Waals surface area contributed by atoms with Crippen molar-refractivity contribution >= 4 is 5.91 Å². The Bertz CT molecular complexity index is 396. The van der Waals surface area contributed by atoms with Crippen LogP contribution in [0.15, 0.2) is 18.2 Å². The van der Waals surface area contributed by atoms with Crippen molar-refractivity contribution < 1.29 is 4.79 Å². The van der Waals surface area contributed by atoms with Crippen molar-refractivity contribution in [3.63, 3.8) is 0 Å². The number of amides is 1. The number of carbonyl (C=O) groups excluding carboxylic acids is 1. The van der Waals surface area contributed by atoms with Crippen LogP contribution in [0.25, 0.3) is 0 Å². The zero-order valence-electron chi connectivity index (χ0n) is 11.0. The fourth-order valence-corrected chi connectivity index (χ4v) is 1.54. The number of nitrogens with zero attached hydrogens (tertiary/aromatic N) is 2. The first kappa shape index (κ1) is 13.6. The summed E-state index contributed by atoms with van der Waals surface area (Å²) in [5.74, 6) is 0.0424. The topological polar surface area (TPSA) is 59.2 Å². The Morgan fingerprint density at radius 3 is 2.65 bits per heavy atom. The maximum Gasteiger partial charge on any atom is 0.224 e. The highest BCUT2D eigenvalue weighted by Gasteiger charge is 2.19. The Morgan fingerprint density at radius 1 is 1.47 bits per heavy atom. The molecule has 4 heteroatoms. The molecule has 2 N–H and O–H groups in total. The van der Waals surface area contributed by atoms with Gasteiger partial charge in [0.25, 0.3) is 0 Å². The molecule has 4 nitrogen and oxygen atoms in total. The molecule has 1 aromatic heterocycles. The molecule has 0 aromatic carbocycles. The van der Waals surface area contributed by atoms with Gasteiger partial charge in [-0.2, -0.15) is 0 Å². The molecule has 0 aliphatic rings. The summed E-state index contributed by atoms with van der Waals surface area (Å²) in [5.41, 5.74) is 7.22. The first-order valence-corrected chi connectivity index (χ1v) is 5.73. The van der Waals surface area contributed by atoms with Gasteiger partial charge in [0.2, 0.25) is 5.91 Å². The van der Waals surface area contributed by atoms with Gasteiger partial charge in [-0.15, -0.1) is 0 Å². The van der Waals surface area contributed by atoms with Crippen molar-refractivity contribution in [2.75, 3.05) is 7.05 Å². The van der Waals surface area contributed by atoms with Gasteiger partial charge in [-0.25, -0.2) is 0 Å². The van der Waals surface area contributed by atoms with E-state index in [1.807, 2.05) is 39.0 Å². The smallest absolute Gasteiger partial charge is 0.224 e. The summed E-state index contributed by atoms with van der Waals surface area (Å²) in [6.45, 7) is 6.16. The lowest BCUT2D eigenvalue weighted by atomic mass is 10.0. The van der Waals surface area contributed by atoms with Crippen molar-refractivity contribution in [2.45, 2.75) is 39.3 Å². The van der Waals surface area contributed by atoms with Crippen molar-refractivity contribution in [3.8, 4) is 0 Å². The lowest BCUT2D eigenvalue weighted by molar-refractivity contribution is -0.131. The molecule has 1 rings (SSSR count). The van der Waals surface area contributed by atoms with E-state index in [1.165, 1.54) is 0 Å². The molecule has 0 bridgehead atoms. The number of pyridine rings is 1. The molecule has 1 heterocycles. The number of rotatable bonds is 4. The minimum absolute atomic E-state index is 0.0424. The zero-order valence-corrected chi connectivity index (χ0v) is 11.0. The third kappa shape index (κ3) is 4.95. The van der Waals surface area contributed by atoms with Crippen LogP contribution in [-0.2, 0) is 11.3 Å². The summed E-state index contributed by atoms with van der Waals surface area (Å²) in [4.78, 5) is 17.9. The number of aromatic nitrogens is 1. The number of nitrogens with two attached hydrogens (primary N) is 1. The molecular weight excluding hydrogens is 214 g/mol. The molecule has 0 spiro atoms. The van der Waals surface area contributed by atoms with Gasteiger partial charge in [-0.05, 0) is 32.9 Å². The third-order valence-electron chi connectivity index (χ3n) is 2.38. The van der Waals surface area contributed by atoms with Crippen LogP contribution in [0.2, 0.25) is 0 Å². The molecule has 1 aromatic rings. The summed E-state index contributed by atoms with van der Waals surface area (Å²) < 4.78 is 0. The quantitative estimate of drug-likeness (QED) is 0.860. The highest BCUT2D eigenvalue weighted by molar-refractivity contribution is 5.76. The number of hydrogen-bond donors (Lipinski definition) is 1. The predicted molar refractivity (Wildman–Crippen MR) is 68.3 cm³/mol. The van der Waals surface area contributed by atoms with Crippen LogP contribution < -0.4 is 5.73 Å². The first-order valence-electron chi connectivity index (χ1n) is 5.73. The summed E-state index contributed by atoms with van der Waals surface area (Å²) in [5, 5.41) is 0. The largest absolute Gasteiger partial charge is 0.340 e. The molecule has 0 unspecified atom stereocenters. The lowest BCUT2D eigenvalue weighted by Gasteiger charge is -2.23. The average molecular weight is 235 g/mol. The van der Waals surface area contributed by atoms with Gasteiger partial charge < -0.3 is 10.6 Å². The Labute approximate surface area is 103 Å². The van der Waals surface area contributed by atoms with Crippen LogP contribution in [0.3, 0.4) is 0 Å². The fourth-order valence-electron chi connectivity index (χ4n) is 1.54. The molecule has 0 radical (unpaired) electrons. The molecule has 0 fully saturated rings. The van der Waals surface area contributed by atoms with E-state index < -0.39 is 5.54 Å². The van der Waals surface area contributed by atoms with E-state index >= 15 is 0 Å². The van der Waals surface area contributed by atoms with Gasteiger partial charge in [-0.1, -0.05) is 6.07 Å². The fraction of sp³-hybridized carbons (Fsp3) is 0.538. The van der Waals surface area contributed by atoms with E-state index in [0.29, 0.717) is 13.0 Å². The maximum atomic E-state index is 11.9. The second kappa shape index (κ2) is 5.27. The Hall–Kier alpha value is -1.42. The third-order valence-corrected chi connectivity index (χ3v) is 2.38. The SMILES string of the molecule is Cc1cccc(CN(C)C(=O)CC(C)(C)N)n1. The van der Waals surface area contributed by atoms with E-state index in [9.17, 15) is 4.79 Å². The van der Waals surface area contributed by atoms with Gasteiger partial charge in [-0.3, -0.25) is 9.78 Å². The average Bonchev–Trinajstić information content (AvgIpc) is 2.14. The molecular formula is C13H21N3O. The Morgan fingerprint density at radius 2 is 2.12 bits per heavy atom. The van der Waals surface area contributed by atoms with Gasteiger partial charge in [0.1, 0.15) is 0 Å². The van der Waals surface area contributed by atoms with E-state index in [4.69, 9.17) is 5.73 Å². The Kier molecular flexibility index (Phi) is 4.23. The van der Waals surface area contributed by atoms with Crippen molar-refractivity contribution in [1.82, 2.24) is 9.88 Å². The van der Waals surface area contributed by atoms with Crippen molar-refractivity contribution in [3.05, 3.63) is 29.6 Å². The standard InChI is InChI=1S/C13H21N3O/c1-10-6-5-7-11(15-10)9-16(4)12(17)8-13(2,3)14/h5-7H,8-9,14H2,1-4H3. The molecule has 0 atom stereocenters. The van der Waals surface area contributed by atoms with Crippen LogP contribution in [-0.4, -0.2) is 28.4 Å². The van der Waals surface area contributed by atoms with E-state index in [2.05, 4.69) is 4.98 Å². The second-order valence-electron chi connectivity index (χ2n) is 5.19. The van der Waals surface area contributed by atoms with Gasteiger partial charge in [0.05, 0.1) is 12.2 Å². The lowest BCUT2D eigenvalue weighted by Crippen LogP contribution is -2.39. The van der Waals surface area contributed by atoms with E-state index in [0.717, 1.165) is 11.4 Å². The number of aryl methyl sites for hydroxylation is 1. The minimum Gasteiger partial charge on any atom is -0.340 e. The van der Waals surface area contributed by atoms with Crippen LogP contribution in [0.1, 0.15) is 31.7 Å². The molecule has 0 saturated carbocycles. The molecule has 17 heavy (non-hydrogen) atoms. The van der Waals surface area contributed by atoms with Crippen molar-refractivity contribution in [2.24, 2.45) is 5.73 Å². The maximum absolute atomic E-state index is 11.9. The normalized spacial score (nSPS) is 11.4. The molecule has 0 saturated heterocycles. The van der Waals surface area contributed by atoms with Gasteiger partial charge in [0.15, 0.2) is 0 Å². The number of carbonyl (C=O) groups is 1. The van der Waals surface area contributed by atoms with Crippen LogP contribution >= 0.6 is 0 Å². The highest BCUT2D eigenvalue weighted by Crippen LogP contribution is 2.08. The molecule has 0 aliphatic heterocycles.